The predicted octanol–water partition coefficient (Wildman–Crippen LogP) is -11.0. The van der Waals surface area contributed by atoms with E-state index in [-0.39, 0.29) is 71.3 Å². The molecule has 0 amide bonds. The Bertz CT molecular complexity index is 183. The molecule has 0 spiro atoms. The molecule has 13 heavy (non-hydrogen) atoms. The zero-order valence-corrected chi connectivity index (χ0v) is 11.9. The summed E-state index contributed by atoms with van der Waals surface area (Å²) >= 11 is 0. The summed E-state index contributed by atoms with van der Waals surface area (Å²) in [6.07, 6.45) is 4.79. The number of rotatable bonds is 1. The number of hydrogen-bond acceptors (Lipinski definition) is 1. The maximum absolute atomic E-state index is 4.10. The Morgan fingerprint density at radius 2 is 1.69 bits per heavy atom. The SMILES string of the molecule is CCc1nccn1C.[Cl-].[Cl-].[Cl-].[Cl-].[Ti+4]. The molecule has 0 atom stereocenters. The first-order valence-electron chi connectivity index (χ1n) is 2.80. The third-order valence-electron chi connectivity index (χ3n) is 1.24. The van der Waals surface area contributed by atoms with Crippen LogP contribution in [0, 0.1) is 0 Å². The van der Waals surface area contributed by atoms with E-state index in [2.05, 4.69) is 11.9 Å². The second-order valence-electron chi connectivity index (χ2n) is 1.81. The molecule has 0 fully saturated rings. The van der Waals surface area contributed by atoms with Gasteiger partial charge in [-0.25, -0.2) is 4.98 Å². The monoisotopic (exact) mass is 298 g/mol. The summed E-state index contributed by atoms with van der Waals surface area (Å²) in [6.45, 7) is 2.10. The molecule has 0 aromatic carbocycles. The van der Waals surface area contributed by atoms with Crippen molar-refractivity contribution in [3.8, 4) is 0 Å². The molecule has 1 heterocycles. The molecule has 0 bridgehead atoms. The molecule has 76 valence electrons. The Balaban J connectivity index is -0.0000000427. The van der Waals surface area contributed by atoms with Gasteiger partial charge in [0.15, 0.2) is 0 Å². The van der Waals surface area contributed by atoms with Crippen molar-refractivity contribution in [3.05, 3.63) is 18.2 Å². The van der Waals surface area contributed by atoms with Crippen LogP contribution in [0.2, 0.25) is 0 Å². The molecule has 1 aromatic heterocycles. The van der Waals surface area contributed by atoms with Gasteiger partial charge in [0, 0.05) is 25.9 Å². The van der Waals surface area contributed by atoms with Crippen molar-refractivity contribution < 1.29 is 71.3 Å². The molecule has 0 aliphatic heterocycles. The number of hydrogen-bond donors (Lipinski definition) is 0. The Hall–Kier alpha value is 1.08. The van der Waals surface area contributed by atoms with Crippen LogP contribution in [0.5, 0.6) is 0 Å². The van der Waals surface area contributed by atoms with E-state index in [4.69, 9.17) is 0 Å². The molecule has 0 aliphatic rings. The van der Waals surface area contributed by atoms with Gasteiger partial charge in [0.05, 0.1) is 0 Å². The van der Waals surface area contributed by atoms with Crippen LogP contribution in [-0.4, -0.2) is 9.55 Å². The minimum Gasteiger partial charge on any atom is -1.00 e. The normalized spacial score (nSPS) is 6.00. The van der Waals surface area contributed by atoms with E-state index < -0.39 is 0 Å². The third kappa shape index (κ3) is 9.39. The minimum absolute atomic E-state index is 0. The van der Waals surface area contributed by atoms with E-state index in [0.717, 1.165) is 12.2 Å². The maximum atomic E-state index is 4.10. The van der Waals surface area contributed by atoms with Crippen molar-refractivity contribution >= 4 is 0 Å². The van der Waals surface area contributed by atoms with E-state index >= 15 is 0 Å². The van der Waals surface area contributed by atoms with Gasteiger partial charge in [-0.1, -0.05) is 6.92 Å². The first kappa shape index (κ1) is 29.2. The van der Waals surface area contributed by atoms with Gasteiger partial charge >= 0.3 is 21.7 Å². The zero-order valence-electron chi connectivity index (χ0n) is 7.27. The average Bonchev–Trinajstić information content (AvgIpc) is 2.14. The molecule has 0 N–H and O–H groups in total. The molecule has 0 saturated carbocycles. The second-order valence-corrected chi connectivity index (χ2v) is 1.81. The summed E-state index contributed by atoms with van der Waals surface area (Å²) in [7, 11) is 2.01. The summed E-state index contributed by atoms with van der Waals surface area (Å²) < 4.78 is 2.03. The molecule has 2 nitrogen and oxygen atoms in total. The van der Waals surface area contributed by atoms with Crippen molar-refractivity contribution in [2.75, 3.05) is 0 Å². The van der Waals surface area contributed by atoms with Gasteiger partial charge in [-0.15, -0.1) is 0 Å². The van der Waals surface area contributed by atoms with E-state index in [1.807, 2.05) is 24.0 Å². The predicted molar refractivity (Wildman–Crippen MR) is 32.6 cm³/mol. The first-order chi connectivity index (χ1) is 3.84. The van der Waals surface area contributed by atoms with Crippen LogP contribution in [0.15, 0.2) is 12.4 Å². The van der Waals surface area contributed by atoms with Crippen molar-refractivity contribution in [2.45, 2.75) is 13.3 Å². The van der Waals surface area contributed by atoms with Crippen LogP contribution in [-0.2, 0) is 35.2 Å². The maximum Gasteiger partial charge on any atom is 4.00 e. The molecule has 1 aromatic rings. The Kier molecular flexibility index (Phi) is 35.0. The van der Waals surface area contributed by atoms with Gasteiger partial charge in [-0.05, 0) is 0 Å². The Morgan fingerprint density at radius 3 is 1.85 bits per heavy atom. The fourth-order valence-corrected chi connectivity index (χ4v) is 0.737. The van der Waals surface area contributed by atoms with Gasteiger partial charge in [0.1, 0.15) is 5.82 Å². The summed E-state index contributed by atoms with van der Waals surface area (Å²) in [6, 6.07) is 0. The third-order valence-corrected chi connectivity index (χ3v) is 1.24. The topological polar surface area (TPSA) is 17.8 Å². The van der Waals surface area contributed by atoms with E-state index in [1.54, 1.807) is 0 Å². The molecule has 0 saturated heterocycles. The first-order valence-corrected chi connectivity index (χ1v) is 2.80. The molecule has 1 rings (SSSR count). The Labute approximate surface area is 119 Å². The van der Waals surface area contributed by atoms with Crippen molar-refractivity contribution in [1.29, 1.82) is 0 Å². The summed E-state index contributed by atoms with van der Waals surface area (Å²) in [5.41, 5.74) is 0. The van der Waals surface area contributed by atoms with E-state index in [9.17, 15) is 0 Å². The van der Waals surface area contributed by atoms with Crippen LogP contribution in [0.3, 0.4) is 0 Å². The van der Waals surface area contributed by atoms with Crippen LogP contribution >= 0.6 is 0 Å². The Morgan fingerprint density at radius 1 is 1.23 bits per heavy atom. The molecule has 0 radical (unpaired) electrons. The summed E-state index contributed by atoms with van der Waals surface area (Å²) in [4.78, 5) is 4.10. The second kappa shape index (κ2) is 15.6. The van der Waals surface area contributed by atoms with E-state index in [0.29, 0.717) is 0 Å². The fraction of sp³-hybridized carbons (Fsp3) is 0.500. The van der Waals surface area contributed by atoms with Crippen LogP contribution in [0.1, 0.15) is 12.7 Å². The van der Waals surface area contributed by atoms with Gasteiger partial charge in [0.25, 0.3) is 0 Å². The average molecular weight is 300 g/mol. The van der Waals surface area contributed by atoms with Gasteiger partial charge < -0.3 is 54.2 Å². The van der Waals surface area contributed by atoms with Crippen LogP contribution in [0.4, 0.5) is 0 Å². The fourth-order valence-electron chi connectivity index (χ4n) is 0.737. The zero-order chi connectivity index (χ0) is 5.98. The van der Waals surface area contributed by atoms with Gasteiger partial charge in [-0.2, -0.15) is 0 Å². The van der Waals surface area contributed by atoms with Crippen molar-refractivity contribution in [3.63, 3.8) is 0 Å². The number of aromatic nitrogens is 2. The summed E-state index contributed by atoms with van der Waals surface area (Å²) in [5.74, 6) is 1.14. The van der Waals surface area contributed by atoms with Crippen molar-refractivity contribution in [1.82, 2.24) is 9.55 Å². The molecular weight excluding hydrogens is 290 g/mol. The van der Waals surface area contributed by atoms with Gasteiger partial charge in [0.2, 0.25) is 0 Å². The number of aryl methyl sites for hydroxylation is 2. The standard InChI is InChI=1S/C6H10N2.4ClH.Ti/c1-3-6-7-4-5-8(6)2;;;;;/h4-5H,3H2,1-2H3;4*1H;/q;;;;;+4/p-4. The summed E-state index contributed by atoms with van der Waals surface area (Å²) in [5, 5.41) is 0. The number of nitrogens with zero attached hydrogens (tertiary/aromatic N) is 2. The number of halogens is 4. The smallest absolute Gasteiger partial charge is 1.00 e. The van der Waals surface area contributed by atoms with Crippen molar-refractivity contribution in [2.24, 2.45) is 7.05 Å². The molecule has 0 aliphatic carbocycles. The van der Waals surface area contributed by atoms with Crippen LogP contribution < -0.4 is 49.6 Å². The largest absolute Gasteiger partial charge is 4.00 e. The minimum atomic E-state index is 0. The number of imidazole rings is 1. The molecular formula is C6H10Cl4N2Ti. The van der Waals surface area contributed by atoms with Gasteiger partial charge in [-0.3, -0.25) is 0 Å². The quantitative estimate of drug-likeness (QED) is 0.471. The molecule has 7 heteroatoms. The van der Waals surface area contributed by atoms with Crippen LogP contribution in [0.25, 0.3) is 0 Å². The van der Waals surface area contributed by atoms with E-state index in [1.165, 1.54) is 0 Å². The molecule has 0 unspecified atom stereocenters.